The predicted molar refractivity (Wildman–Crippen MR) is 75.9 cm³/mol. The SMILES string of the molecule is Cc1nn(-c2sc(C(C)O)cc2[N+](=O)[O-])c(C)c1Br. The maximum atomic E-state index is 11.1. The number of hydrogen-bond donors (Lipinski definition) is 1. The number of rotatable bonds is 3. The molecule has 0 aliphatic carbocycles. The van der Waals surface area contributed by atoms with E-state index in [1.165, 1.54) is 22.1 Å². The van der Waals surface area contributed by atoms with E-state index in [2.05, 4.69) is 21.0 Å². The molecule has 19 heavy (non-hydrogen) atoms. The zero-order chi connectivity index (χ0) is 14.3. The van der Waals surface area contributed by atoms with Gasteiger partial charge in [-0.3, -0.25) is 10.1 Å². The fraction of sp³-hybridized carbons (Fsp3) is 0.364. The fourth-order valence-electron chi connectivity index (χ4n) is 1.70. The van der Waals surface area contributed by atoms with Crippen LogP contribution < -0.4 is 0 Å². The molecule has 8 heteroatoms. The zero-order valence-electron chi connectivity index (χ0n) is 10.5. The van der Waals surface area contributed by atoms with Crippen molar-refractivity contribution in [3.63, 3.8) is 0 Å². The zero-order valence-corrected chi connectivity index (χ0v) is 12.9. The summed E-state index contributed by atoms with van der Waals surface area (Å²) in [6, 6.07) is 1.40. The molecule has 0 amide bonds. The lowest BCUT2D eigenvalue weighted by atomic mass is 10.3. The van der Waals surface area contributed by atoms with Crippen molar-refractivity contribution >= 4 is 33.0 Å². The van der Waals surface area contributed by atoms with Gasteiger partial charge in [-0.25, -0.2) is 4.68 Å². The Bertz CT molecular complexity index is 648. The Kier molecular flexibility index (Phi) is 3.75. The van der Waals surface area contributed by atoms with E-state index in [0.29, 0.717) is 9.88 Å². The second kappa shape index (κ2) is 5.03. The van der Waals surface area contributed by atoms with Crippen molar-refractivity contribution in [3.05, 3.63) is 36.9 Å². The van der Waals surface area contributed by atoms with Crippen LogP contribution in [0.1, 0.15) is 29.3 Å². The first-order valence-corrected chi connectivity index (χ1v) is 7.12. The summed E-state index contributed by atoms with van der Waals surface area (Å²) in [5.41, 5.74) is 1.51. The molecular weight excluding hydrogens is 334 g/mol. The Hall–Kier alpha value is -1.25. The van der Waals surface area contributed by atoms with Crippen LogP contribution in [0.5, 0.6) is 0 Å². The van der Waals surface area contributed by atoms with Gasteiger partial charge in [-0.05, 0) is 36.7 Å². The molecule has 2 heterocycles. The van der Waals surface area contributed by atoms with Crippen LogP contribution in [0.15, 0.2) is 10.5 Å². The topological polar surface area (TPSA) is 81.2 Å². The molecule has 0 bridgehead atoms. The van der Waals surface area contributed by atoms with Crippen molar-refractivity contribution in [2.24, 2.45) is 0 Å². The molecule has 1 atom stereocenters. The molecule has 0 radical (unpaired) electrons. The van der Waals surface area contributed by atoms with Gasteiger partial charge in [0.05, 0.1) is 26.9 Å². The van der Waals surface area contributed by atoms with Gasteiger partial charge in [-0.2, -0.15) is 5.10 Å². The number of nitro groups is 1. The maximum Gasteiger partial charge on any atom is 0.306 e. The number of aryl methyl sites for hydroxylation is 1. The highest BCUT2D eigenvalue weighted by Crippen LogP contribution is 2.37. The minimum Gasteiger partial charge on any atom is -0.388 e. The smallest absolute Gasteiger partial charge is 0.306 e. The molecule has 0 aliphatic rings. The summed E-state index contributed by atoms with van der Waals surface area (Å²) >= 11 is 4.57. The van der Waals surface area contributed by atoms with Gasteiger partial charge in [0.15, 0.2) is 5.00 Å². The van der Waals surface area contributed by atoms with Crippen LogP contribution in [-0.2, 0) is 0 Å². The third kappa shape index (κ3) is 2.43. The molecule has 0 saturated carbocycles. The van der Waals surface area contributed by atoms with Crippen LogP contribution in [0.3, 0.4) is 0 Å². The molecule has 0 spiro atoms. The molecule has 0 aliphatic heterocycles. The minimum absolute atomic E-state index is 0.0426. The van der Waals surface area contributed by atoms with Gasteiger partial charge < -0.3 is 5.11 Å². The van der Waals surface area contributed by atoms with E-state index in [1.54, 1.807) is 6.92 Å². The largest absolute Gasteiger partial charge is 0.388 e. The van der Waals surface area contributed by atoms with E-state index in [1.807, 2.05) is 13.8 Å². The Morgan fingerprint density at radius 1 is 1.58 bits per heavy atom. The minimum atomic E-state index is -0.738. The Morgan fingerprint density at radius 3 is 2.63 bits per heavy atom. The van der Waals surface area contributed by atoms with E-state index in [9.17, 15) is 15.2 Å². The summed E-state index contributed by atoms with van der Waals surface area (Å²) in [7, 11) is 0. The molecule has 1 unspecified atom stereocenters. The molecule has 1 N–H and O–H groups in total. The monoisotopic (exact) mass is 345 g/mol. The van der Waals surface area contributed by atoms with Gasteiger partial charge in [0.1, 0.15) is 0 Å². The normalized spacial score (nSPS) is 12.7. The van der Waals surface area contributed by atoms with Gasteiger partial charge in [0.25, 0.3) is 0 Å². The lowest BCUT2D eigenvalue weighted by molar-refractivity contribution is -0.384. The average molecular weight is 346 g/mol. The summed E-state index contributed by atoms with van der Waals surface area (Å²) < 4.78 is 2.36. The second-order valence-electron chi connectivity index (χ2n) is 4.17. The molecule has 2 rings (SSSR count). The van der Waals surface area contributed by atoms with Gasteiger partial charge in [-0.15, -0.1) is 11.3 Å². The van der Waals surface area contributed by atoms with Crippen molar-refractivity contribution in [3.8, 4) is 5.00 Å². The molecular formula is C11H12BrN3O3S. The average Bonchev–Trinajstić information content (AvgIpc) is 2.87. The second-order valence-corrected chi connectivity index (χ2v) is 6.02. The van der Waals surface area contributed by atoms with Gasteiger partial charge in [-0.1, -0.05) is 0 Å². The summed E-state index contributed by atoms with van der Waals surface area (Å²) in [6.07, 6.45) is -0.738. The Balaban J connectivity index is 2.66. The third-order valence-corrected chi connectivity index (χ3v) is 5.13. The van der Waals surface area contributed by atoms with Crippen molar-refractivity contribution < 1.29 is 10.0 Å². The quantitative estimate of drug-likeness (QED) is 0.683. The highest BCUT2D eigenvalue weighted by atomic mass is 79.9. The maximum absolute atomic E-state index is 11.1. The molecule has 0 aromatic carbocycles. The van der Waals surface area contributed by atoms with Gasteiger partial charge in [0.2, 0.25) is 0 Å². The van der Waals surface area contributed by atoms with Crippen LogP contribution in [0.25, 0.3) is 5.00 Å². The van der Waals surface area contributed by atoms with Crippen LogP contribution >= 0.6 is 27.3 Å². The first-order chi connectivity index (χ1) is 8.82. The van der Waals surface area contributed by atoms with Crippen LogP contribution in [0.2, 0.25) is 0 Å². The van der Waals surface area contributed by atoms with E-state index in [-0.39, 0.29) is 5.69 Å². The summed E-state index contributed by atoms with van der Waals surface area (Å²) in [5.74, 6) is 0. The van der Waals surface area contributed by atoms with Crippen LogP contribution in [0, 0.1) is 24.0 Å². The fourth-order valence-corrected chi connectivity index (χ4v) is 3.01. The number of hydrogen-bond acceptors (Lipinski definition) is 5. The first-order valence-electron chi connectivity index (χ1n) is 5.51. The lowest BCUT2D eigenvalue weighted by Gasteiger charge is -2.00. The number of aliphatic hydroxyl groups excluding tert-OH is 1. The highest BCUT2D eigenvalue weighted by Gasteiger charge is 2.25. The Labute approximate surface area is 122 Å². The summed E-state index contributed by atoms with van der Waals surface area (Å²) in [6.45, 7) is 5.23. The number of nitrogens with zero attached hydrogens (tertiary/aromatic N) is 3. The predicted octanol–water partition coefficient (Wildman–Crippen LogP) is 3.27. The summed E-state index contributed by atoms with van der Waals surface area (Å²) in [5, 5.41) is 25.4. The number of aliphatic hydroxyl groups is 1. The standard InChI is InChI=1S/C11H12BrN3O3S/c1-5-10(12)6(2)14(13-5)11-8(15(17)18)4-9(19-11)7(3)16/h4,7,16H,1-3H3. The molecule has 102 valence electrons. The molecule has 2 aromatic heterocycles. The molecule has 0 saturated heterocycles. The third-order valence-electron chi connectivity index (χ3n) is 2.72. The van der Waals surface area contributed by atoms with Crippen LogP contribution in [0.4, 0.5) is 5.69 Å². The molecule has 2 aromatic rings. The van der Waals surface area contributed by atoms with Crippen molar-refractivity contribution in [2.75, 3.05) is 0 Å². The van der Waals surface area contributed by atoms with Gasteiger partial charge in [0, 0.05) is 10.9 Å². The Morgan fingerprint density at radius 2 is 2.21 bits per heavy atom. The highest BCUT2D eigenvalue weighted by molar-refractivity contribution is 9.10. The summed E-state index contributed by atoms with van der Waals surface area (Å²) in [4.78, 5) is 11.2. The number of aromatic nitrogens is 2. The number of halogens is 1. The molecule has 6 nitrogen and oxygen atoms in total. The first kappa shape index (κ1) is 14.2. The number of thiophene rings is 1. The lowest BCUT2D eigenvalue weighted by Crippen LogP contribution is -2.00. The van der Waals surface area contributed by atoms with Crippen molar-refractivity contribution in [1.29, 1.82) is 0 Å². The van der Waals surface area contributed by atoms with E-state index in [4.69, 9.17) is 0 Å². The van der Waals surface area contributed by atoms with E-state index >= 15 is 0 Å². The molecule has 0 fully saturated rings. The van der Waals surface area contributed by atoms with Crippen molar-refractivity contribution in [2.45, 2.75) is 26.9 Å². The van der Waals surface area contributed by atoms with Gasteiger partial charge >= 0.3 is 5.69 Å². The van der Waals surface area contributed by atoms with Crippen LogP contribution in [-0.4, -0.2) is 19.8 Å². The van der Waals surface area contributed by atoms with E-state index in [0.717, 1.165) is 15.9 Å². The van der Waals surface area contributed by atoms with Crippen molar-refractivity contribution in [1.82, 2.24) is 9.78 Å². The van der Waals surface area contributed by atoms with E-state index < -0.39 is 11.0 Å².